The van der Waals surface area contributed by atoms with E-state index in [4.69, 9.17) is 31.1 Å². The summed E-state index contributed by atoms with van der Waals surface area (Å²) in [5.74, 6) is -1.30. The van der Waals surface area contributed by atoms with Gasteiger partial charge in [-0.05, 0) is 42.7 Å². The molecule has 1 aliphatic rings. The van der Waals surface area contributed by atoms with Crippen molar-refractivity contribution in [3.63, 3.8) is 0 Å². The number of carbonyl (C=O) groups excluding carboxylic acids is 3. The summed E-state index contributed by atoms with van der Waals surface area (Å²) in [7, 11) is -2.80. The molecule has 1 heterocycles. The van der Waals surface area contributed by atoms with E-state index >= 15 is 0 Å². The molecule has 2 aromatic rings. The van der Waals surface area contributed by atoms with Gasteiger partial charge in [0, 0.05) is 31.7 Å². The first-order valence-electron chi connectivity index (χ1n) is 14.9. The van der Waals surface area contributed by atoms with E-state index in [0.717, 1.165) is 5.56 Å². The first-order chi connectivity index (χ1) is 22.1. The highest BCUT2D eigenvalue weighted by atomic mass is 32.2. The Kier molecular flexibility index (Phi) is 14.4. The number of hydrogen-bond acceptors (Lipinski definition) is 10. The second-order valence-corrected chi connectivity index (χ2v) is 12.1. The third-order valence-corrected chi connectivity index (χ3v) is 8.62. The summed E-state index contributed by atoms with van der Waals surface area (Å²) in [6, 6.07) is 10.1. The predicted octanol–water partition coefficient (Wildman–Crippen LogP) is -0.568. The van der Waals surface area contributed by atoms with Crippen molar-refractivity contribution in [3.8, 4) is 5.75 Å². The van der Waals surface area contributed by atoms with Gasteiger partial charge in [0.1, 0.15) is 23.7 Å². The lowest BCUT2D eigenvalue weighted by atomic mass is 10.1. The molecule has 0 aliphatic carbocycles. The van der Waals surface area contributed by atoms with Gasteiger partial charge >= 0.3 is 0 Å². The van der Waals surface area contributed by atoms with Gasteiger partial charge in [-0.15, -0.1) is 0 Å². The molecule has 15 nitrogen and oxygen atoms in total. The Morgan fingerprint density at radius 2 is 1.67 bits per heavy atom. The maximum absolute atomic E-state index is 13.8. The van der Waals surface area contributed by atoms with Crippen molar-refractivity contribution in [1.29, 1.82) is 5.41 Å². The summed E-state index contributed by atoms with van der Waals surface area (Å²) in [6.45, 7) is 2.17. The highest BCUT2D eigenvalue weighted by Gasteiger charge is 2.39. The standard InChI is InChI=1S/C30H43N7O8S/c1-43-23-8-10-24(11-9-23)46(41,42)36-25(19-27(38)34-13-16-45-18-17-44-15-12-31)30(40)37-14-2-3-26(37)29(39)35-20-21-4-6-22(7-5-21)28(32)33/h4-11,25-26,36H,2-3,12-20,31H2,1H3,(H3,32,33)(H,34,38)(H,35,39)/t25-,26-/m1/s1. The third-order valence-electron chi connectivity index (χ3n) is 7.13. The number of nitrogens with two attached hydrogens (primary N) is 2. The van der Waals surface area contributed by atoms with Crippen molar-refractivity contribution < 1.29 is 37.0 Å². The van der Waals surface area contributed by atoms with Crippen LogP contribution in [-0.2, 0) is 40.4 Å². The first-order valence-corrected chi connectivity index (χ1v) is 16.3. The minimum Gasteiger partial charge on any atom is -0.497 e. The fourth-order valence-electron chi connectivity index (χ4n) is 4.73. The highest BCUT2D eigenvalue weighted by molar-refractivity contribution is 7.89. The van der Waals surface area contributed by atoms with E-state index in [1.165, 1.54) is 36.3 Å². The van der Waals surface area contributed by atoms with Crippen LogP contribution < -0.4 is 31.6 Å². The second-order valence-electron chi connectivity index (χ2n) is 10.4. The van der Waals surface area contributed by atoms with E-state index in [1.54, 1.807) is 24.3 Å². The van der Waals surface area contributed by atoms with Gasteiger partial charge in [-0.2, -0.15) is 4.72 Å². The number of methoxy groups -OCH3 is 1. The summed E-state index contributed by atoms with van der Waals surface area (Å²) in [5, 5.41) is 13.0. The number of benzene rings is 2. The number of nitrogen functional groups attached to an aromatic ring is 1. The predicted molar refractivity (Wildman–Crippen MR) is 169 cm³/mol. The maximum Gasteiger partial charge on any atom is 0.243 e. The van der Waals surface area contributed by atoms with Gasteiger partial charge in [0.25, 0.3) is 0 Å². The number of likely N-dealkylation sites (tertiary alicyclic amines) is 1. The molecule has 1 aliphatic heterocycles. The van der Waals surface area contributed by atoms with Gasteiger partial charge in [-0.25, -0.2) is 8.42 Å². The molecule has 0 radical (unpaired) electrons. The quantitative estimate of drug-likeness (QED) is 0.0638. The van der Waals surface area contributed by atoms with Crippen LogP contribution in [0.2, 0.25) is 0 Å². The number of amides is 3. The SMILES string of the molecule is COc1ccc(S(=O)(=O)N[C@H](CC(=O)NCCOCCOCCN)C(=O)N2CCC[C@@H]2C(=O)NCc2ccc(C(=N)N)cc2)cc1. The lowest BCUT2D eigenvalue weighted by Gasteiger charge is -2.28. The van der Waals surface area contributed by atoms with Gasteiger partial charge in [0.05, 0.1) is 44.9 Å². The number of rotatable bonds is 19. The molecule has 1 saturated heterocycles. The Hall–Kier alpha value is -4.09. The van der Waals surface area contributed by atoms with Crippen molar-refractivity contribution in [2.45, 2.75) is 42.8 Å². The lowest BCUT2D eigenvalue weighted by molar-refractivity contribution is -0.140. The second kappa shape index (κ2) is 18.2. The summed E-state index contributed by atoms with van der Waals surface area (Å²) in [4.78, 5) is 41.1. The van der Waals surface area contributed by atoms with E-state index in [9.17, 15) is 22.8 Å². The van der Waals surface area contributed by atoms with Crippen LogP contribution in [0.4, 0.5) is 0 Å². The molecule has 0 unspecified atom stereocenters. The molecule has 0 aromatic heterocycles. The molecule has 8 N–H and O–H groups in total. The smallest absolute Gasteiger partial charge is 0.243 e. The lowest BCUT2D eigenvalue weighted by Crippen LogP contribution is -2.54. The molecule has 2 atom stereocenters. The van der Waals surface area contributed by atoms with Gasteiger partial charge in [-0.1, -0.05) is 24.3 Å². The van der Waals surface area contributed by atoms with Crippen molar-refractivity contribution in [1.82, 2.24) is 20.3 Å². The minimum absolute atomic E-state index is 0.0703. The topological polar surface area (TPSA) is 228 Å². The fraction of sp³-hybridized carbons (Fsp3) is 0.467. The zero-order chi connectivity index (χ0) is 33.5. The Balaban J connectivity index is 1.68. The van der Waals surface area contributed by atoms with Crippen LogP contribution in [0.5, 0.6) is 5.75 Å². The molecule has 0 saturated carbocycles. The average molecular weight is 662 g/mol. The Morgan fingerprint density at radius 1 is 1.00 bits per heavy atom. The highest BCUT2D eigenvalue weighted by Crippen LogP contribution is 2.21. The summed E-state index contributed by atoms with van der Waals surface area (Å²) >= 11 is 0. The molecular formula is C30H43N7O8S. The number of sulfonamides is 1. The third kappa shape index (κ3) is 11.1. The van der Waals surface area contributed by atoms with Crippen LogP contribution in [0.3, 0.4) is 0 Å². The van der Waals surface area contributed by atoms with E-state index in [2.05, 4.69) is 15.4 Å². The molecular weight excluding hydrogens is 618 g/mol. The summed E-state index contributed by atoms with van der Waals surface area (Å²) in [6.07, 6.45) is 0.395. The first kappa shape index (κ1) is 36.4. The molecule has 1 fully saturated rings. The van der Waals surface area contributed by atoms with E-state index in [0.29, 0.717) is 50.5 Å². The fourth-order valence-corrected chi connectivity index (χ4v) is 5.92. The molecule has 252 valence electrons. The van der Waals surface area contributed by atoms with Gasteiger partial charge < -0.3 is 41.2 Å². The van der Waals surface area contributed by atoms with Crippen LogP contribution >= 0.6 is 0 Å². The molecule has 3 rings (SSSR count). The zero-order valence-corrected chi connectivity index (χ0v) is 26.6. The molecule has 3 amide bonds. The van der Waals surface area contributed by atoms with Crippen LogP contribution in [0.1, 0.15) is 30.4 Å². The van der Waals surface area contributed by atoms with Crippen molar-refractivity contribution >= 4 is 33.6 Å². The number of ether oxygens (including phenoxy) is 3. The van der Waals surface area contributed by atoms with E-state index in [-0.39, 0.29) is 37.0 Å². The van der Waals surface area contributed by atoms with Crippen LogP contribution in [0.15, 0.2) is 53.4 Å². The molecule has 0 spiro atoms. The van der Waals surface area contributed by atoms with Gasteiger partial charge in [0.15, 0.2) is 0 Å². The monoisotopic (exact) mass is 661 g/mol. The Morgan fingerprint density at radius 3 is 2.30 bits per heavy atom. The molecule has 16 heteroatoms. The minimum atomic E-state index is -4.24. The number of amidine groups is 1. The van der Waals surface area contributed by atoms with Gasteiger partial charge in [-0.3, -0.25) is 19.8 Å². The van der Waals surface area contributed by atoms with Crippen LogP contribution in [0, 0.1) is 5.41 Å². The largest absolute Gasteiger partial charge is 0.497 e. The average Bonchev–Trinajstić information content (AvgIpc) is 3.54. The number of carbonyl (C=O) groups is 3. The Bertz CT molecular complexity index is 1420. The van der Waals surface area contributed by atoms with Crippen molar-refractivity contribution in [2.75, 3.05) is 53.2 Å². The van der Waals surface area contributed by atoms with E-state index < -0.39 is 46.2 Å². The molecule has 46 heavy (non-hydrogen) atoms. The Labute approximate surface area is 268 Å². The zero-order valence-electron chi connectivity index (χ0n) is 25.8. The van der Waals surface area contributed by atoms with Crippen molar-refractivity contribution in [3.05, 3.63) is 59.7 Å². The maximum atomic E-state index is 13.8. The van der Waals surface area contributed by atoms with Crippen LogP contribution in [0.25, 0.3) is 0 Å². The van der Waals surface area contributed by atoms with Gasteiger partial charge in [0.2, 0.25) is 27.7 Å². The van der Waals surface area contributed by atoms with E-state index in [1.807, 2.05) is 0 Å². The number of hydrogen-bond donors (Lipinski definition) is 6. The molecule has 0 bridgehead atoms. The summed E-state index contributed by atoms with van der Waals surface area (Å²) in [5.41, 5.74) is 12.2. The van der Waals surface area contributed by atoms with Crippen molar-refractivity contribution in [2.24, 2.45) is 11.5 Å². The number of nitrogens with zero attached hydrogens (tertiary/aromatic N) is 1. The summed E-state index contributed by atoms with van der Waals surface area (Å²) < 4.78 is 44.7. The number of nitrogens with one attached hydrogen (secondary N) is 4. The van der Waals surface area contributed by atoms with Crippen LogP contribution in [-0.4, -0.2) is 102 Å². The normalized spacial score (nSPS) is 15.3. The molecule has 2 aromatic carbocycles.